The van der Waals surface area contributed by atoms with Crippen molar-refractivity contribution in [1.82, 2.24) is 0 Å². The number of halogens is 1. The van der Waals surface area contributed by atoms with Crippen molar-refractivity contribution in [1.29, 1.82) is 0 Å². The monoisotopic (exact) mass is 347 g/mol. The van der Waals surface area contributed by atoms with Crippen molar-refractivity contribution in [2.24, 2.45) is 0 Å². The zero-order chi connectivity index (χ0) is 17.4. The van der Waals surface area contributed by atoms with Gasteiger partial charge < -0.3 is 10.2 Å². The number of benzene rings is 3. The summed E-state index contributed by atoms with van der Waals surface area (Å²) in [4.78, 5) is 12.9. The minimum Gasteiger partial charge on any atom is -0.454 e. The van der Waals surface area contributed by atoms with Crippen molar-refractivity contribution in [2.45, 2.75) is 0 Å². The van der Waals surface area contributed by atoms with Gasteiger partial charge in [0.15, 0.2) is 11.5 Å². The molecular weight excluding hydrogens is 334 g/mol. The first-order valence-corrected chi connectivity index (χ1v) is 8.20. The summed E-state index contributed by atoms with van der Waals surface area (Å²) in [5.41, 5.74) is 9.13. The van der Waals surface area contributed by atoms with E-state index in [2.05, 4.69) is 0 Å². The van der Waals surface area contributed by atoms with E-state index in [0.29, 0.717) is 44.1 Å². The summed E-state index contributed by atoms with van der Waals surface area (Å²) < 4.78 is 5.93. The Kier molecular flexibility index (Phi) is 3.79. The first-order valence-electron chi connectivity index (χ1n) is 7.82. The third-order valence-electron chi connectivity index (χ3n) is 4.15. The van der Waals surface area contributed by atoms with Crippen molar-refractivity contribution >= 4 is 34.0 Å². The predicted octanol–water partition coefficient (Wildman–Crippen LogP) is 5.57. The van der Waals surface area contributed by atoms with Crippen LogP contribution in [-0.2, 0) is 0 Å². The van der Waals surface area contributed by atoms with E-state index in [9.17, 15) is 4.79 Å². The van der Waals surface area contributed by atoms with Gasteiger partial charge in [0.05, 0.1) is 16.1 Å². The van der Waals surface area contributed by atoms with Crippen LogP contribution in [-0.4, -0.2) is 5.78 Å². The Morgan fingerprint density at radius 2 is 1.60 bits per heavy atom. The van der Waals surface area contributed by atoms with E-state index in [-0.39, 0.29) is 5.78 Å². The molecule has 0 fully saturated rings. The average molecular weight is 348 g/mol. The molecule has 4 heteroatoms. The third kappa shape index (κ3) is 2.59. The summed E-state index contributed by atoms with van der Waals surface area (Å²) in [6.07, 6.45) is 0. The number of anilines is 1. The minimum atomic E-state index is -0.0813. The summed E-state index contributed by atoms with van der Waals surface area (Å²) in [7, 11) is 0. The number of ketones is 1. The summed E-state index contributed by atoms with van der Waals surface area (Å²) in [5, 5.41) is 1.19. The van der Waals surface area contributed by atoms with Crippen LogP contribution >= 0.6 is 11.6 Å². The molecule has 0 radical (unpaired) electrons. The molecule has 0 saturated heterocycles. The molecule has 2 N–H and O–H groups in total. The second-order valence-corrected chi connectivity index (χ2v) is 6.11. The number of furan rings is 1. The standard InChI is InChI=1S/C21H14ClNO2/c22-16-11-6-12-17-18(16)19(23)21(25-17)15-10-5-4-9-14(15)20(24)13-7-2-1-3-8-13/h1-12H,23H2. The van der Waals surface area contributed by atoms with E-state index in [1.807, 2.05) is 42.5 Å². The highest BCUT2D eigenvalue weighted by molar-refractivity contribution is 6.36. The van der Waals surface area contributed by atoms with Crippen LogP contribution in [0, 0.1) is 0 Å². The lowest BCUT2D eigenvalue weighted by molar-refractivity contribution is 0.103. The molecule has 0 unspecified atom stereocenters. The second-order valence-electron chi connectivity index (χ2n) is 5.70. The van der Waals surface area contributed by atoms with Crippen LogP contribution in [0.4, 0.5) is 5.69 Å². The molecular formula is C21H14ClNO2. The molecule has 3 nitrogen and oxygen atoms in total. The lowest BCUT2D eigenvalue weighted by atomic mass is 9.96. The van der Waals surface area contributed by atoms with E-state index in [1.54, 1.807) is 30.3 Å². The van der Waals surface area contributed by atoms with Gasteiger partial charge in [0, 0.05) is 16.7 Å². The summed E-state index contributed by atoms with van der Waals surface area (Å²) >= 11 is 6.25. The number of carbonyl (C=O) groups excluding carboxylic acids is 1. The van der Waals surface area contributed by atoms with Crippen LogP contribution < -0.4 is 5.73 Å². The molecule has 4 aromatic rings. The van der Waals surface area contributed by atoms with Gasteiger partial charge in [0.2, 0.25) is 0 Å². The molecule has 3 aromatic carbocycles. The molecule has 0 saturated carbocycles. The van der Waals surface area contributed by atoms with Gasteiger partial charge in [-0.25, -0.2) is 0 Å². The van der Waals surface area contributed by atoms with E-state index < -0.39 is 0 Å². The van der Waals surface area contributed by atoms with Gasteiger partial charge in [-0.1, -0.05) is 72.3 Å². The van der Waals surface area contributed by atoms with Crippen LogP contribution in [0.5, 0.6) is 0 Å². The molecule has 122 valence electrons. The average Bonchev–Trinajstić information content (AvgIpc) is 3.00. The van der Waals surface area contributed by atoms with Gasteiger partial charge in [0.1, 0.15) is 5.58 Å². The van der Waals surface area contributed by atoms with Crippen LogP contribution in [0.1, 0.15) is 15.9 Å². The smallest absolute Gasteiger partial charge is 0.193 e. The van der Waals surface area contributed by atoms with Gasteiger partial charge in [-0.3, -0.25) is 4.79 Å². The third-order valence-corrected chi connectivity index (χ3v) is 4.47. The summed E-state index contributed by atoms with van der Waals surface area (Å²) in [5.74, 6) is 0.380. The highest BCUT2D eigenvalue weighted by Gasteiger charge is 2.21. The molecule has 0 amide bonds. The number of carbonyl (C=O) groups is 1. The van der Waals surface area contributed by atoms with Crippen LogP contribution in [0.2, 0.25) is 5.02 Å². The van der Waals surface area contributed by atoms with E-state index in [4.69, 9.17) is 21.8 Å². The summed E-state index contributed by atoms with van der Waals surface area (Å²) in [6, 6.07) is 21.8. The van der Waals surface area contributed by atoms with Gasteiger partial charge >= 0.3 is 0 Å². The molecule has 0 aliphatic heterocycles. The molecule has 1 heterocycles. The number of fused-ring (bicyclic) bond motifs is 1. The van der Waals surface area contributed by atoms with E-state index >= 15 is 0 Å². The molecule has 0 aliphatic rings. The summed E-state index contributed by atoms with van der Waals surface area (Å²) in [6.45, 7) is 0. The lowest BCUT2D eigenvalue weighted by Gasteiger charge is -2.07. The largest absolute Gasteiger partial charge is 0.454 e. The maximum atomic E-state index is 12.9. The van der Waals surface area contributed by atoms with Crippen molar-refractivity contribution in [3.8, 4) is 11.3 Å². The number of hydrogen-bond donors (Lipinski definition) is 1. The van der Waals surface area contributed by atoms with Crippen molar-refractivity contribution in [3.05, 3.63) is 88.9 Å². The SMILES string of the molecule is Nc1c(-c2ccccc2C(=O)c2ccccc2)oc2cccc(Cl)c12. The van der Waals surface area contributed by atoms with Gasteiger partial charge in [-0.2, -0.15) is 0 Å². The first-order chi connectivity index (χ1) is 12.2. The zero-order valence-electron chi connectivity index (χ0n) is 13.2. The Hall–Kier alpha value is -3.04. The molecule has 0 atom stereocenters. The molecule has 1 aromatic heterocycles. The van der Waals surface area contributed by atoms with Crippen molar-refractivity contribution in [3.63, 3.8) is 0 Å². The Morgan fingerprint density at radius 3 is 2.36 bits per heavy atom. The Labute approximate surface area is 149 Å². The van der Waals surface area contributed by atoms with Crippen molar-refractivity contribution < 1.29 is 9.21 Å². The topological polar surface area (TPSA) is 56.2 Å². The first kappa shape index (κ1) is 15.5. The number of rotatable bonds is 3. The highest BCUT2D eigenvalue weighted by atomic mass is 35.5. The molecule has 0 aliphatic carbocycles. The lowest BCUT2D eigenvalue weighted by Crippen LogP contribution is -2.03. The molecule has 0 bridgehead atoms. The Bertz CT molecular complexity index is 1080. The fourth-order valence-corrected chi connectivity index (χ4v) is 3.22. The van der Waals surface area contributed by atoms with Crippen LogP contribution in [0.3, 0.4) is 0 Å². The van der Waals surface area contributed by atoms with Crippen molar-refractivity contribution in [2.75, 3.05) is 5.73 Å². The Morgan fingerprint density at radius 1 is 0.880 bits per heavy atom. The number of nitrogens with two attached hydrogens (primary N) is 1. The molecule has 0 spiro atoms. The fourth-order valence-electron chi connectivity index (χ4n) is 2.95. The normalized spacial score (nSPS) is 10.9. The van der Waals surface area contributed by atoms with Crippen LogP contribution in [0.25, 0.3) is 22.3 Å². The fraction of sp³-hybridized carbons (Fsp3) is 0. The molecule has 25 heavy (non-hydrogen) atoms. The number of hydrogen-bond acceptors (Lipinski definition) is 3. The van der Waals surface area contributed by atoms with Gasteiger partial charge in [-0.15, -0.1) is 0 Å². The quantitative estimate of drug-likeness (QED) is 0.493. The zero-order valence-corrected chi connectivity index (χ0v) is 14.0. The minimum absolute atomic E-state index is 0.0813. The van der Waals surface area contributed by atoms with E-state index in [0.717, 1.165) is 0 Å². The van der Waals surface area contributed by atoms with Crippen LogP contribution in [0.15, 0.2) is 77.2 Å². The van der Waals surface area contributed by atoms with Gasteiger partial charge in [-0.05, 0) is 12.1 Å². The predicted molar refractivity (Wildman–Crippen MR) is 101 cm³/mol. The number of nitrogen functional groups attached to an aromatic ring is 1. The molecule has 4 rings (SSSR count). The maximum Gasteiger partial charge on any atom is 0.193 e. The highest BCUT2D eigenvalue weighted by Crippen LogP contribution is 2.40. The van der Waals surface area contributed by atoms with Gasteiger partial charge in [0.25, 0.3) is 0 Å². The Balaban J connectivity index is 1.92. The maximum absolute atomic E-state index is 12.9. The van der Waals surface area contributed by atoms with E-state index in [1.165, 1.54) is 0 Å². The second kappa shape index (κ2) is 6.11.